The molecule has 1 saturated carbocycles. The Hall–Kier alpha value is -0.730. The maximum atomic E-state index is 6.12. The summed E-state index contributed by atoms with van der Waals surface area (Å²) >= 11 is 6.12. The van der Waals surface area contributed by atoms with Gasteiger partial charge in [0.2, 0.25) is 0 Å². The van der Waals surface area contributed by atoms with E-state index < -0.39 is 0 Å². The van der Waals surface area contributed by atoms with E-state index in [1.165, 1.54) is 30.5 Å². The summed E-state index contributed by atoms with van der Waals surface area (Å²) in [5, 5.41) is 0.807. The van der Waals surface area contributed by atoms with Crippen molar-refractivity contribution in [3.63, 3.8) is 0 Å². The summed E-state index contributed by atoms with van der Waals surface area (Å²) in [6, 6.07) is 7.13. The molecule has 1 aliphatic rings. The molecule has 2 rings (SSSR count). The van der Waals surface area contributed by atoms with Gasteiger partial charge in [-0.3, -0.25) is 0 Å². The molecule has 1 unspecified atom stereocenters. The van der Waals surface area contributed by atoms with Crippen LogP contribution >= 0.6 is 11.6 Å². The van der Waals surface area contributed by atoms with Crippen LogP contribution in [0.25, 0.3) is 0 Å². The Morgan fingerprint density at radius 3 is 2.72 bits per heavy atom. The van der Waals surface area contributed by atoms with E-state index in [2.05, 4.69) is 24.0 Å². The van der Waals surface area contributed by atoms with Gasteiger partial charge in [0.15, 0.2) is 0 Å². The van der Waals surface area contributed by atoms with Crippen LogP contribution in [0.3, 0.4) is 0 Å². The van der Waals surface area contributed by atoms with Crippen LogP contribution in [0.2, 0.25) is 5.02 Å². The monoisotopic (exact) mass is 266 g/mol. The summed E-state index contributed by atoms with van der Waals surface area (Å²) in [5.41, 5.74) is 8.57. The SMILES string of the molecule is CCCN(c1ccc(Cl)cc1CC(C)N)C1CC1. The average molecular weight is 267 g/mol. The molecule has 3 heteroatoms. The van der Waals surface area contributed by atoms with Gasteiger partial charge in [0, 0.05) is 29.3 Å². The molecule has 1 aliphatic carbocycles. The van der Waals surface area contributed by atoms with E-state index in [4.69, 9.17) is 17.3 Å². The fourth-order valence-corrected chi connectivity index (χ4v) is 2.67. The van der Waals surface area contributed by atoms with Crippen molar-refractivity contribution in [2.45, 2.75) is 51.6 Å². The Balaban J connectivity index is 2.28. The molecule has 18 heavy (non-hydrogen) atoms. The van der Waals surface area contributed by atoms with E-state index in [9.17, 15) is 0 Å². The van der Waals surface area contributed by atoms with Crippen molar-refractivity contribution in [2.75, 3.05) is 11.4 Å². The van der Waals surface area contributed by atoms with E-state index in [-0.39, 0.29) is 6.04 Å². The van der Waals surface area contributed by atoms with Crippen molar-refractivity contribution in [1.29, 1.82) is 0 Å². The van der Waals surface area contributed by atoms with Crippen LogP contribution in [0.4, 0.5) is 5.69 Å². The molecule has 1 aromatic rings. The van der Waals surface area contributed by atoms with Gasteiger partial charge < -0.3 is 10.6 Å². The van der Waals surface area contributed by atoms with Crippen LogP contribution in [0.15, 0.2) is 18.2 Å². The van der Waals surface area contributed by atoms with E-state index in [1.54, 1.807) is 0 Å². The van der Waals surface area contributed by atoms with E-state index >= 15 is 0 Å². The minimum Gasteiger partial charge on any atom is -0.368 e. The standard InChI is InChI=1S/C15H23ClN2/c1-3-8-18(14-5-6-14)15-7-4-13(16)10-12(15)9-11(2)17/h4,7,10-11,14H,3,5-6,8-9,17H2,1-2H3. The summed E-state index contributed by atoms with van der Waals surface area (Å²) in [6.07, 6.45) is 4.71. The van der Waals surface area contributed by atoms with E-state index in [0.717, 1.165) is 24.0 Å². The van der Waals surface area contributed by atoms with Gasteiger partial charge in [-0.15, -0.1) is 0 Å². The lowest BCUT2D eigenvalue weighted by atomic mass is 10.0. The second-order valence-corrected chi connectivity index (χ2v) is 5.82. The summed E-state index contributed by atoms with van der Waals surface area (Å²) in [6.45, 7) is 5.40. The van der Waals surface area contributed by atoms with Crippen molar-refractivity contribution in [3.8, 4) is 0 Å². The number of nitrogens with zero attached hydrogens (tertiary/aromatic N) is 1. The molecule has 0 amide bonds. The first-order valence-corrected chi connectivity index (χ1v) is 7.30. The Morgan fingerprint density at radius 1 is 1.44 bits per heavy atom. The predicted molar refractivity (Wildman–Crippen MR) is 79.5 cm³/mol. The molecule has 2 N–H and O–H groups in total. The summed E-state index contributed by atoms with van der Waals surface area (Å²) in [7, 11) is 0. The molecule has 0 spiro atoms. The van der Waals surface area contributed by atoms with Gasteiger partial charge in [0.05, 0.1) is 0 Å². The zero-order valence-electron chi connectivity index (χ0n) is 11.3. The lowest BCUT2D eigenvalue weighted by molar-refractivity contribution is 0.719. The van der Waals surface area contributed by atoms with Gasteiger partial charge in [0.1, 0.15) is 0 Å². The first kappa shape index (κ1) is 13.7. The highest BCUT2D eigenvalue weighted by molar-refractivity contribution is 6.30. The van der Waals surface area contributed by atoms with Crippen LogP contribution in [0.5, 0.6) is 0 Å². The largest absolute Gasteiger partial charge is 0.368 e. The molecule has 1 atom stereocenters. The molecular formula is C15H23ClN2. The number of benzene rings is 1. The van der Waals surface area contributed by atoms with Gasteiger partial charge >= 0.3 is 0 Å². The topological polar surface area (TPSA) is 29.3 Å². The second-order valence-electron chi connectivity index (χ2n) is 5.38. The maximum Gasteiger partial charge on any atom is 0.0410 e. The molecule has 0 heterocycles. The number of hydrogen-bond donors (Lipinski definition) is 1. The normalized spacial score (nSPS) is 16.7. The van der Waals surface area contributed by atoms with Gasteiger partial charge in [-0.1, -0.05) is 18.5 Å². The quantitative estimate of drug-likeness (QED) is 0.852. The number of rotatable bonds is 6. The number of nitrogens with two attached hydrogens (primary N) is 1. The summed E-state index contributed by atoms with van der Waals surface area (Å²) < 4.78 is 0. The van der Waals surface area contributed by atoms with Gasteiger partial charge in [-0.25, -0.2) is 0 Å². The Labute approximate surface area is 115 Å². The van der Waals surface area contributed by atoms with Crippen molar-refractivity contribution in [3.05, 3.63) is 28.8 Å². The van der Waals surface area contributed by atoms with Gasteiger partial charge in [0.25, 0.3) is 0 Å². The molecular weight excluding hydrogens is 244 g/mol. The molecule has 2 nitrogen and oxygen atoms in total. The van der Waals surface area contributed by atoms with Gasteiger partial charge in [-0.2, -0.15) is 0 Å². The lowest BCUT2D eigenvalue weighted by Gasteiger charge is -2.27. The second kappa shape index (κ2) is 5.94. The summed E-state index contributed by atoms with van der Waals surface area (Å²) in [4.78, 5) is 2.54. The number of halogens is 1. The maximum absolute atomic E-state index is 6.12. The fourth-order valence-electron chi connectivity index (χ4n) is 2.47. The third kappa shape index (κ3) is 3.39. The van der Waals surface area contributed by atoms with Crippen LogP contribution in [-0.4, -0.2) is 18.6 Å². The third-order valence-corrected chi connectivity index (χ3v) is 3.58. The molecule has 0 radical (unpaired) electrons. The molecule has 1 fully saturated rings. The van der Waals surface area contributed by atoms with Crippen molar-refractivity contribution in [1.82, 2.24) is 0 Å². The average Bonchev–Trinajstić information content (AvgIpc) is 3.10. The van der Waals surface area contributed by atoms with E-state index in [0.29, 0.717) is 0 Å². The molecule has 1 aromatic carbocycles. The molecule has 0 bridgehead atoms. The minimum absolute atomic E-state index is 0.171. The first-order valence-electron chi connectivity index (χ1n) is 6.92. The molecule has 0 aliphatic heterocycles. The predicted octanol–water partition coefficient (Wildman–Crippen LogP) is 3.61. The van der Waals surface area contributed by atoms with Crippen molar-refractivity contribution >= 4 is 17.3 Å². The number of hydrogen-bond acceptors (Lipinski definition) is 2. The molecule has 0 aromatic heterocycles. The van der Waals surface area contributed by atoms with Crippen LogP contribution in [0, 0.1) is 0 Å². The van der Waals surface area contributed by atoms with Gasteiger partial charge in [-0.05, 0) is 56.4 Å². The zero-order valence-corrected chi connectivity index (χ0v) is 12.1. The Kier molecular flexibility index (Phi) is 4.52. The minimum atomic E-state index is 0.171. The Bertz CT molecular complexity index is 399. The number of anilines is 1. The highest BCUT2D eigenvalue weighted by atomic mass is 35.5. The van der Waals surface area contributed by atoms with Crippen molar-refractivity contribution < 1.29 is 0 Å². The highest BCUT2D eigenvalue weighted by Gasteiger charge is 2.29. The first-order chi connectivity index (χ1) is 8.61. The zero-order chi connectivity index (χ0) is 13.1. The summed E-state index contributed by atoms with van der Waals surface area (Å²) in [5.74, 6) is 0. The molecule has 100 valence electrons. The smallest absolute Gasteiger partial charge is 0.0410 e. The Morgan fingerprint density at radius 2 is 2.17 bits per heavy atom. The fraction of sp³-hybridized carbons (Fsp3) is 0.600. The van der Waals surface area contributed by atoms with Crippen LogP contribution in [0.1, 0.15) is 38.7 Å². The molecule has 0 saturated heterocycles. The van der Waals surface area contributed by atoms with E-state index in [1.807, 2.05) is 13.0 Å². The lowest BCUT2D eigenvalue weighted by Crippen LogP contribution is -2.28. The highest BCUT2D eigenvalue weighted by Crippen LogP contribution is 2.35. The van der Waals surface area contributed by atoms with Crippen molar-refractivity contribution in [2.24, 2.45) is 5.73 Å². The van der Waals surface area contributed by atoms with Crippen LogP contribution in [-0.2, 0) is 6.42 Å². The third-order valence-electron chi connectivity index (χ3n) is 3.35. The van der Waals surface area contributed by atoms with Crippen LogP contribution < -0.4 is 10.6 Å².